The fourth-order valence-electron chi connectivity index (χ4n) is 1.41. The third-order valence-corrected chi connectivity index (χ3v) is 2.43. The van der Waals surface area contributed by atoms with E-state index in [9.17, 15) is 18.0 Å². The topological polar surface area (TPSA) is 64.9 Å². The fourth-order valence-corrected chi connectivity index (χ4v) is 1.41. The van der Waals surface area contributed by atoms with Crippen LogP contribution in [0.25, 0.3) is 0 Å². The molecule has 0 bridgehead atoms. The molecular formula is C15H12F3N3O. The summed E-state index contributed by atoms with van der Waals surface area (Å²) in [5.74, 6) is -0.817. The molecule has 1 amide bonds. The van der Waals surface area contributed by atoms with Crippen LogP contribution in [0.2, 0.25) is 0 Å². The molecule has 7 heteroatoms. The Morgan fingerprint density at radius 2 is 2.05 bits per heavy atom. The van der Waals surface area contributed by atoms with Crippen molar-refractivity contribution >= 4 is 11.6 Å². The maximum absolute atomic E-state index is 12.5. The smallest absolute Gasteiger partial charge is 0.351 e. The molecule has 0 radical (unpaired) electrons. The van der Waals surface area contributed by atoms with Gasteiger partial charge in [-0.15, -0.1) is 0 Å². The van der Waals surface area contributed by atoms with Crippen molar-refractivity contribution in [1.29, 1.82) is 5.26 Å². The third kappa shape index (κ3) is 4.83. The van der Waals surface area contributed by atoms with Crippen molar-refractivity contribution in [3.63, 3.8) is 0 Å². The average molecular weight is 307 g/mol. The van der Waals surface area contributed by atoms with Gasteiger partial charge in [-0.2, -0.15) is 18.4 Å². The summed E-state index contributed by atoms with van der Waals surface area (Å²) in [6.45, 7) is 6.15. The molecule has 22 heavy (non-hydrogen) atoms. The van der Waals surface area contributed by atoms with E-state index in [1.807, 2.05) is 6.07 Å². The zero-order chi connectivity index (χ0) is 16.8. The van der Waals surface area contributed by atoms with E-state index in [0.29, 0.717) is 17.3 Å². The number of carbonyl (C=O) groups excluding carboxylic acids is 1. The van der Waals surface area contributed by atoms with Crippen molar-refractivity contribution in [3.8, 4) is 6.07 Å². The number of halogens is 3. The molecule has 0 heterocycles. The van der Waals surface area contributed by atoms with Crippen molar-refractivity contribution in [1.82, 2.24) is 5.32 Å². The molecule has 0 unspecified atom stereocenters. The number of benzene rings is 1. The molecule has 0 spiro atoms. The van der Waals surface area contributed by atoms with Crippen molar-refractivity contribution in [3.05, 3.63) is 66.5 Å². The van der Waals surface area contributed by atoms with Crippen LogP contribution in [0.5, 0.6) is 0 Å². The summed E-state index contributed by atoms with van der Waals surface area (Å²) in [6, 6.07) is 7.84. The van der Waals surface area contributed by atoms with Crippen LogP contribution in [0.15, 0.2) is 61.0 Å². The van der Waals surface area contributed by atoms with Crippen LogP contribution in [0.3, 0.4) is 0 Å². The van der Waals surface area contributed by atoms with Gasteiger partial charge in [0.15, 0.2) is 0 Å². The zero-order valence-corrected chi connectivity index (χ0v) is 11.4. The first-order valence-corrected chi connectivity index (χ1v) is 5.94. The van der Waals surface area contributed by atoms with Crippen molar-refractivity contribution in [2.75, 3.05) is 5.32 Å². The number of nitriles is 1. The van der Waals surface area contributed by atoms with Gasteiger partial charge in [0.05, 0.1) is 17.2 Å². The number of anilines is 1. The highest BCUT2D eigenvalue weighted by Gasteiger charge is 2.31. The Balaban J connectivity index is 3.13. The van der Waals surface area contributed by atoms with Crippen LogP contribution < -0.4 is 10.6 Å². The standard InChI is InChI=1S/C15H12F3N3O/c1-3-20-14(22)13(7-10(2)15(16,17)18)21-12-6-4-5-11(8-12)9-19/h3-8,21H,1-2H2,(H,20,22)/b13-7-. The highest BCUT2D eigenvalue weighted by molar-refractivity contribution is 5.97. The minimum atomic E-state index is -4.66. The maximum Gasteiger partial charge on any atom is 0.415 e. The maximum atomic E-state index is 12.5. The van der Waals surface area contributed by atoms with E-state index in [1.54, 1.807) is 0 Å². The van der Waals surface area contributed by atoms with Gasteiger partial charge in [-0.05, 0) is 30.5 Å². The molecule has 1 aromatic rings. The minimum absolute atomic E-state index is 0.291. The summed E-state index contributed by atoms with van der Waals surface area (Å²) < 4.78 is 37.6. The average Bonchev–Trinajstić information content (AvgIpc) is 2.46. The molecular weight excluding hydrogens is 295 g/mol. The first kappa shape index (κ1) is 17.0. The number of rotatable bonds is 5. The molecule has 2 N–H and O–H groups in total. The number of amides is 1. The van der Waals surface area contributed by atoms with Crippen LogP contribution in [-0.2, 0) is 4.79 Å². The molecule has 1 rings (SSSR count). The molecule has 0 saturated carbocycles. The number of hydrogen-bond acceptors (Lipinski definition) is 3. The molecule has 4 nitrogen and oxygen atoms in total. The third-order valence-electron chi connectivity index (χ3n) is 2.43. The molecule has 0 aliphatic carbocycles. The number of nitrogens with one attached hydrogen (secondary N) is 2. The molecule has 114 valence electrons. The number of alkyl halides is 3. The van der Waals surface area contributed by atoms with Crippen LogP contribution in [0.4, 0.5) is 18.9 Å². The van der Waals surface area contributed by atoms with E-state index < -0.39 is 17.7 Å². The first-order chi connectivity index (χ1) is 10.3. The SMILES string of the molecule is C=CNC(=O)/C(=C/C(=C)C(F)(F)F)Nc1cccc(C#N)c1. The van der Waals surface area contributed by atoms with E-state index in [1.165, 1.54) is 24.3 Å². The molecule has 0 aliphatic rings. The number of allylic oxidation sites excluding steroid dienone is 2. The lowest BCUT2D eigenvalue weighted by Crippen LogP contribution is -2.24. The number of hydrogen-bond donors (Lipinski definition) is 2. The van der Waals surface area contributed by atoms with Gasteiger partial charge < -0.3 is 10.6 Å². The predicted molar refractivity (Wildman–Crippen MR) is 76.4 cm³/mol. The Labute approximate surface area is 125 Å². The highest BCUT2D eigenvalue weighted by atomic mass is 19.4. The Morgan fingerprint density at radius 3 is 2.59 bits per heavy atom. The first-order valence-electron chi connectivity index (χ1n) is 5.94. The second kappa shape index (κ2) is 7.13. The van der Waals surface area contributed by atoms with E-state index in [2.05, 4.69) is 23.8 Å². The van der Waals surface area contributed by atoms with Gasteiger partial charge in [-0.1, -0.05) is 19.2 Å². The largest absolute Gasteiger partial charge is 0.415 e. The monoisotopic (exact) mass is 307 g/mol. The summed E-state index contributed by atoms with van der Waals surface area (Å²) in [4.78, 5) is 11.8. The van der Waals surface area contributed by atoms with Crippen LogP contribution in [-0.4, -0.2) is 12.1 Å². The number of nitrogens with zero attached hydrogens (tertiary/aromatic N) is 1. The second-order valence-corrected chi connectivity index (χ2v) is 4.08. The minimum Gasteiger partial charge on any atom is -0.351 e. The second-order valence-electron chi connectivity index (χ2n) is 4.08. The Hall–Kier alpha value is -3.01. The Kier molecular flexibility index (Phi) is 5.52. The Bertz CT molecular complexity index is 669. The highest BCUT2D eigenvalue weighted by Crippen LogP contribution is 2.26. The van der Waals surface area contributed by atoms with Gasteiger partial charge in [0.25, 0.3) is 5.91 Å². The van der Waals surface area contributed by atoms with Gasteiger partial charge in [0, 0.05) is 5.69 Å². The lowest BCUT2D eigenvalue weighted by molar-refractivity contribution is -0.116. The predicted octanol–water partition coefficient (Wildman–Crippen LogP) is 3.23. The van der Waals surface area contributed by atoms with Crippen LogP contribution in [0.1, 0.15) is 5.56 Å². The van der Waals surface area contributed by atoms with E-state index >= 15 is 0 Å². The van der Waals surface area contributed by atoms with Gasteiger partial charge in [0.1, 0.15) is 5.70 Å². The van der Waals surface area contributed by atoms with Crippen molar-refractivity contribution in [2.24, 2.45) is 0 Å². The fraction of sp³-hybridized carbons (Fsp3) is 0.0667. The normalized spacial score (nSPS) is 11.3. The molecule has 0 fully saturated rings. The molecule has 1 aromatic carbocycles. The lowest BCUT2D eigenvalue weighted by atomic mass is 10.2. The van der Waals surface area contributed by atoms with E-state index in [-0.39, 0.29) is 5.70 Å². The summed E-state index contributed by atoms with van der Waals surface area (Å²) >= 11 is 0. The summed E-state index contributed by atoms with van der Waals surface area (Å²) in [7, 11) is 0. The summed E-state index contributed by atoms with van der Waals surface area (Å²) in [5.41, 5.74) is -0.981. The quantitative estimate of drug-likeness (QED) is 0.648. The van der Waals surface area contributed by atoms with Gasteiger partial charge in [-0.3, -0.25) is 4.79 Å². The van der Waals surface area contributed by atoms with E-state index in [0.717, 1.165) is 6.20 Å². The molecule has 0 aliphatic heterocycles. The van der Waals surface area contributed by atoms with E-state index in [4.69, 9.17) is 5.26 Å². The van der Waals surface area contributed by atoms with Gasteiger partial charge in [0.2, 0.25) is 0 Å². The van der Waals surface area contributed by atoms with Crippen molar-refractivity contribution in [2.45, 2.75) is 6.18 Å². The lowest BCUT2D eigenvalue weighted by Gasteiger charge is -2.12. The van der Waals surface area contributed by atoms with Gasteiger partial charge >= 0.3 is 6.18 Å². The summed E-state index contributed by atoms with van der Waals surface area (Å²) in [5, 5.41) is 13.5. The zero-order valence-electron chi connectivity index (χ0n) is 11.4. The van der Waals surface area contributed by atoms with Crippen LogP contribution >= 0.6 is 0 Å². The Morgan fingerprint density at radius 1 is 1.36 bits per heavy atom. The molecule has 0 atom stereocenters. The van der Waals surface area contributed by atoms with Crippen LogP contribution in [0, 0.1) is 11.3 Å². The number of carbonyl (C=O) groups is 1. The van der Waals surface area contributed by atoms with Gasteiger partial charge in [-0.25, -0.2) is 0 Å². The van der Waals surface area contributed by atoms with Crippen molar-refractivity contribution < 1.29 is 18.0 Å². The summed E-state index contributed by atoms with van der Waals surface area (Å²) in [6.07, 6.45) is -3.03. The molecule has 0 saturated heterocycles. The molecule has 0 aromatic heterocycles.